The van der Waals surface area contributed by atoms with Gasteiger partial charge in [-0.1, -0.05) is 6.92 Å². The Morgan fingerprint density at radius 2 is 2.15 bits per heavy atom. The van der Waals surface area contributed by atoms with Gasteiger partial charge in [-0.3, -0.25) is 4.79 Å². The van der Waals surface area contributed by atoms with Gasteiger partial charge in [0.2, 0.25) is 5.91 Å². The van der Waals surface area contributed by atoms with E-state index in [2.05, 4.69) is 10.6 Å². The summed E-state index contributed by atoms with van der Waals surface area (Å²) >= 11 is 0. The van der Waals surface area contributed by atoms with E-state index in [1.54, 1.807) is 0 Å². The van der Waals surface area contributed by atoms with Gasteiger partial charge in [0.15, 0.2) is 0 Å². The molecule has 0 aliphatic rings. The average Bonchev–Trinajstić information content (AvgIpc) is 2.08. The predicted octanol–water partition coefficient (Wildman–Crippen LogP) is -0.299. The van der Waals surface area contributed by atoms with Crippen LogP contribution in [0, 0.1) is 0 Å². The number of aliphatic carboxylic acids is 1. The van der Waals surface area contributed by atoms with Crippen LogP contribution in [0.4, 0.5) is 0 Å². The molecule has 0 aromatic rings. The Balaban J connectivity index is 3.42. The highest BCUT2D eigenvalue weighted by Gasteiger charge is 1.95. The van der Waals surface area contributed by atoms with E-state index >= 15 is 0 Å². The normalized spacial score (nSPS) is 9.92. The van der Waals surface area contributed by atoms with E-state index < -0.39 is 5.97 Å². The topological polar surface area (TPSA) is 78.4 Å². The monoisotopic (exact) mass is 186 g/mol. The van der Waals surface area contributed by atoms with E-state index in [0.717, 1.165) is 12.5 Å². The number of carboxylic acids is 1. The SMILES string of the molecule is CCCNC(=O)CN/C=C/C(=O)O. The molecule has 0 rings (SSSR count). The molecule has 0 aliphatic heterocycles. The lowest BCUT2D eigenvalue weighted by atomic mass is 10.4. The van der Waals surface area contributed by atoms with Crippen molar-refractivity contribution in [3.8, 4) is 0 Å². The Kier molecular flexibility index (Phi) is 6.31. The molecule has 0 heterocycles. The summed E-state index contributed by atoms with van der Waals surface area (Å²) in [5, 5.41) is 13.4. The lowest BCUT2D eigenvalue weighted by Gasteiger charge is -2.01. The third-order valence-corrected chi connectivity index (χ3v) is 1.18. The molecule has 0 unspecified atom stereocenters. The highest BCUT2D eigenvalue weighted by atomic mass is 16.4. The zero-order valence-corrected chi connectivity index (χ0v) is 7.54. The zero-order chi connectivity index (χ0) is 10.1. The second kappa shape index (κ2) is 7.15. The first-order valence-corrected chi connectivity index (χ1v) is 4.06. The van der Waals surface area contributed by atoms with Crippen LogP contribution < -0.4 is 10.6 Å². The maximum absolute atomic E-state index is 10.9. The molecule has 5 nitrogen and oxygen atoms in total. The average molecular weight is 186 g/mol. The minimum absolute atomic E-state index is 0.101. The van der Waals surface area contributed by atoms with Crippen LogP contribution in [-0.4, -0.2) is 30.1 Å². The van der Waals surface area contributed by atoms with E-state index in [1.807, 2.05) is 6.92 Å². The second-order valence-electron chi connectivity index (χ2n) is 2.40. The summed E-state index contributed by atoms with van der Waals surface area (Å²) in [5.41, 5.74) is 0. The maximum Gasteiger partial charge on any atom is 0.329 e. The van der Waals surface area contributed by atoms with Crippen molar-refractivity contribution in [2.75, 3.05) is 13.1 Å². The molecule has 0 aromatic heterocycles. The van der Waals surface area contributed by atoms with E-state index in [-0.39, 0.29) is 12.5 Å². The highest BCUT2D eigenvalue weighted by molar-refractivity contribution is 5.80. The summed E-state index contributed by atoms with van der Waals surface area (Å²) in [4.78, 5) is 20.9. The van der Waals surface area contributed by atoms with Crippen molar-refractivity contribution in [3.63, 3.8) is 0 Å². The van der Waals surface area contributed by atoms with Crippen LogP contribution in [0.5, 0.6) is 0 Å². The Hall–Kier alpha value is -1.52. The van der Waals surface area contributed by atoms with Crippen LogP contribution in [0.2, 0.25) is 0 Å². The molecule has 0 spiro atoms. The van der Waals surface area contributed by atoms with Crippen molar-refractivity contribution in [2.24, 2.45) is 0 Å². The first-order valence-electron chi connectivity index (χ1n) is 4.06. The molecular formula is C8H14N2O3. The number of amides is 1. The Labute approximate surface area is 76.8 Å². The lowest BCUT2D eigenvalue weighted by Crippen LogP contribution is -2.32. The van der Waals surface area contributed by atoms with Gasteiger partial charge >= 0.3 is 5.97 Å². The van der Waals surface area contributed by atoms with Gasteiger partial charge in [0.1, 0.15) is 0 Å². The summed E-state index contributed by atoms with van der Waals surface area (Å²) in [5.74, 6) is -1.18. The zero-order valence-electron chi connectivity index (χ0n) is 7.54. The largest absolute Gasteiger partial charge is 0.478 e. The second-order valence-corrected chi connectivity index (χ2v) is 2.40. The minimum atomic E-state index is -1.04. The molecular weight excluding hydrogens is 172 g/mol. The van der Waals surface area contributed by atoms with Crippen molar-refractivity contribution in [1.82, 2.24) is 10.6 Å². The van der Waals surface area contributed by atoms with Gasteiger partial charge in [0.05, 0.1) is 6.54 Å². The quantitative estimate of drug-likeness (QED) is 0.498. The number of rotatable bonds is 6. The molecule has 74 valence electrons. The number of carboxylic acid groups (broad SMARTS) is 1. The molecule has 1 amide bonds. The predicted molar refractivity (Wildman–Crippen MR) is 48.1 cm³/mol. The number of carbonyl (C=O) groups is 2. The first kappa shape index (κ1) is 11.5. The van der Waals surface area contributed by atoms with Gasteiger partial charge in [-0.2, -0.15) is 0 Å². The number of nitrogens with one attached hydrogen (secondary N) is 2. The van der Waals surface area contributed by atoms with Gasteiger partial charge in [-0.15, -0.1) is 0 Å². The molecule has 0 aromatic carbocycles. The maximum atomic E-state index is 10.9. The third kappa shape index (κ3) is 8.39. The Bertz CT molecular complexity index is 202. The lowest BCUT2D eigenvalue weighted by molar-refractivity contribution is -0.131. The molecule has 3 N–H and O–H groups in total. The highest BCUT2D eigenvalue weighted by Crippen LogP contribution is 1.72. The van der Waals surface area contributed by atoms with E-state index in [1.165, 1.54) is 6.20 Å². The van der Waals surface area contributed by atoms with E-state index in [4.69, 9.17) is 5.11 Å². The van der Waals surface area contributed by atoms with Crippen molar-refractivity contribution >= 4 is 11.9 Å². The van der Waals surface area contributed by atoms with Crippen LogP contribution in [-0.2, 0) is 9.59 Å². The molecule has 5 heteroatoms. The fourth-order valence-electron chi connectivity index (χ4n) is 0.609. The van der Waals surface area contributed by atoms with Gasteiger partial charge in [0, 0.05) is 18.8 Å². The molecule has 0 saturated carbocycles. The fraction of sp³-hybridized carbons (Fsp3) is 0.500. The summed E-state index contributed by atoms with van der Waals surface area (Å²) in [7, 11) is 0. The fourth-order valence-corrected chi connectivity index (χ4v) is 0.609. The smallest absolute Gasteiger partial charge is 0.329 e. The molecule has 0 bridgehead atoms. The molecule has 13 heavy (non-hydrogen) atoms. The standard InChI is InChI=1S/C8H14N2O3/c1-2-4-10-7(11)6-9-5-3-8(12)13/h3,5,9H,2,4,6H2,1H3,(H,10,11)(H,12,13)/b5-3+. The van der Waals surface area contributed by atoms with Crippen molar-refractivity contribution in [1.29, 1.82) is 0 Å². The van der Waals surface area contributed by atoms with Crippen LogP contribution in [0.25, 0.3) is 0 Å². The Morgan fingerprint density at radius 3 is 2.69 bits per heavy atom. The minimum Gasteiger partial charge on any atom is -0.478 e. The van der Waals surface area contributed by atoms with Gasteiger partial charge in [0.25, 0.3) is 0 Å². The summed E-state index contributed by atoms with van der Waals surface area (Å²) in [6.07, 6.45) is 3.05. The number of hydrogen-bond donors (Lipinski definition) is 3. The molecule has 0 aliphatic carbocycles. The summed E-state index contributed by atoms with van der Waals surface area (Å²) in [6, 6.07) is 0. The summed E-state index contributed by atoms with van der Waals surface area (Å²) in [6.45, 7) is 2.70. The molecule has 0 atom stereocenters. The van der Waals surface area contributed by atoms with Crippen LogP contribution >= 0.6 is 0 Å². The van der Waals surface area contributed by atoms with Crippen LogP contribution in [0.1, 0.15) is 13.3 Å². The van der Waals surface area contributed by atoms with Crippen molar-refractivity contribution in [3.05, 3.63) is 12.3 Å². The molecule has 0 saturated heterocycles. The van der Waals surface area contributed by atoms with Crippen molar-refractivity contribution in [2.45, 2.75) is 13.3 Å². The number of hydrogen-bond acceptors (Lipinski definition) is 3. The van der Waals surface area contributed by atoms with Crippen molar-refractivity contribution < 1.29 is 14.7 Å². The van der Waals surface area contributed by atoms with Crippen LogP contribution in [0.3, 0.4) is 0 Å². The van der Waals surface area contributed by atoms with Gasteiger partial charge < -0.3 is 15.7 Å². The molecule has 0 fully saturated rings. The molecule has 0 radical (unpaired) electrons. The number of carbonyl (C=O) groups excluding carboxylic acids is 1. The third-order valence-electron chi connectivity index (χ3n) is 1.18. The van der Waals surface area contributed by atoms with E-state index in [9.17, 15) is 9.59 Å². The van der Waals surface area contributed by atoms with E-state index in [0.29, 0.717) is 6.54 Å². The van der Waals surface area contributed by atoms with Gasteiger partial charge in [-0.05, 0) is 6.42 Å². The van der Waals surface area contributed by atoms with Gasteiger partial charge in [-0.25, -0.2) is 4.79 Å². The van der Waals surface area contributed by atoms with Crippen LogP contribution in [0.15, 0.2) is 12.3 Å². The summed E-state index contributed by atoms with van der Waals surface area (Å²) < 4.78 is 0. The first-order chi connectivity index (χ1) is 6.16. The Morgan fingerprint density at radius 1 is 1.46 bits per heavy atom.